The number of nitrogens with zero attached hydrogens (tertiary/aromatic N) is 2. The van der Waals surface area contributed by atoms with E-state index in [1.54, 1.807) is 0 Å². The van der Waals surface area contributed by atoms with Gasteiger partial charge in [0.2, 0.25) is 5.91 Å². The van der Waals surface area contributed by atoms with Crippen molar-refractivity contribution in [3.05, 3.63) is 65.7 Å². The van der Waals surface area contributed by atoms with Crippen LogP contribution in [-0.2, 0) is 17.6 Å². The fourth-order valence-corrected chi connectivity index (χ4v) is 3.15. The van der Waals surface area contributed by atoms with Crippen molar-refractivity contribution in [3.63, 3.8) is 0 Å². The lowest BCUT2D eigenvalue weighted by Crippen LogP contribution is -2.41. The maximum absolute atomic E-state index is 12.1. The van der Waals surface area contributed by atoms with E-state index in [1.165, 1.54) is 16.8 Å². The molecule has 2 N–H and O–H groups in total. The molecule has 0 fully saturated rings. The van der Waals surface area contributed by atoms with Crippen LogP contribution in [0.3, 0.4) is 0 Å². The molecule has 0 saturated carbocycles. The van der Waals surface area contributed by atoms with Gasteiger partial charge in [-0.3, -0.25) is 4.79 Å². The molecule has 5 heteroatoms. The summed E-state index contributed by atoms with van der Waals surface area (Å²) in [6.07, 6.45) is 1.83. The molecular formula is C21H26N4O. The second-order valence-electron chi connectivity index (χ2n) is 6.29. The van der Waals surface area contributed by atoms with E-state index in [0.29, 0.717) is 6.54 Å². The van der Waals surface area contributed by atoms with Crippen molar-refractivity contribution in [2.75, 3.05) is 31.1 Å². The van der Waals surface area contributed by atoms with Crippen molar-refractivity contribution in [3.8, 4) is 0 Å². The number of nitrogens with one attached hydrogen (secondary N) is 2. The summed E-state index contributed by atoms with van der Waals surface area (Å²) >= 11 is 0. The van der Waals surface area contributed by atoms with Gasteiger partial charge in [0.05, 0.1) is 0 Å². The van der Waals surface area contributed by atoms with Crippen LogP contribution in [-0.4, -0.2) is 38.0 Å². The monoisotopic (exact) mass is 350 g/mol. The summed E-state index contributed by atoms with van der Waals surface area (Å²) in [7, 11) is 0. The molecule has 0 radical (unpaired) electrons. The van der Waals surface area contributed by atoms with Crippen molar-refractivity contribution in [1.82, 2.24) is 10.6 Å². The van der Waals surface area contributed by atoms with Gasteiger partial charge in [-0.2, -0.15) is 0 Å². The van der Waals surface area contributed by atoms with Crippen molar-refractivity contribution >= 4 is 17.6 Å². The number of carbonyl (C=O) groups is 1. The highest BCUT2D eigenvalue weighted by atomic mass is 16.1. The van der Waals surface area contributed by atoms with Gasteiger partial charge in [0.1, 0.15) is 6.54 Å². The number of anilines is 1. The van der Waals surface area contributed by atoms with E-state index < -0.39 is 0 Å². The lowest BCUT2D eigenvalue weighted by molar-refractivity contribution is -0.119. The van der Waals surface area contributed by atoms with E-state index in [1.807, 2.05) is 31.2 Å². The van der Waals surface area contributed by atoms with Gasteiger partial charge >= 0.3 is 0 Å². The number of amides is 1. The van der Waals surface area contributed by atoms with Crippen LogP contribution in [0.5, 0.6) is 0 Å². The van der Waals surface area contributed by atoms with Crippen LogP contribution >= 0.6 is 0 Å². The van der Waals surface area contributed by atoms with E-state index in [0.717, 1.165) is 31.9 Å². The Bertz CT molecular complexity index is 758. The van der Waals surface area contributed by atoms with Crippen LogP contribution < -0.4 is 15.5 Å². The minimum atomic E-state index is -0.0520. The summed E-state index contributed by atoms with van der Waals surface area (Å²) in [5.74, 6) is 0.722. The number of fused-ring (bicyclic) bond motifs is 1. The third kappa shape index (κ3) is 4.63. The predicted molar refractivity (Wildman–Crippen MR) is 107 cm³/mol. The molecule has 0 aliphatic carbocycles. The van der Waals surface area contributed by atoms with Gasteiger partial charge in [0, 0.05) is 25.3 Å². The van der Waals surface area contributed by atoms with Crippen molar-refractivity contribution < 1.29 is 4.79 Å². The molecule has 0 saturated heterocycles. The lowest BCUT2D eigenvalue weighted by atomic mass is 10.1. The summed E-state index contributed by atoms with van der Waals surface area (Å²) in [5.41, 5.74) is 3.72. The molecule has 2 aromatic carbocycles. The van der Waals surface area contributed by atoms with Crippen molar-refractivity contribution in [1.29, 1.82) is 0 Å². The highest BCUT2D eigenvalue weighted by molar-refractivity contribution is 5.99. The fraction of sp³-hybridized carbons (Fsp3) is 0.333. The van der Waals surface area contributed by atoms with Gasteiger partial charge in [-0.25, -0.2) is 4.99 Å². The number of para-hydroxylation sites is 1. The molecule has 3 rings (SSSR count). The Labute approximate surface area is 155 Å². The van der Waals surface area contributed by atoms with Crippen LogP contribution in [0.1, 0.15) is 18.1 Å². The molecule has 1 aliphatic heterocycles. The lowest BCUT2D eigenvalue weighted by Gasteiger charge is -2.22. The van der Waals surface area contributed by atoms with Gasteiger partial charge in [0.15, 0.2) is 5.96 Å². The number of guanidine groups is 1. The summed E-state index contributed by atoms with van der Waals surface area (Å²) in [5, 5.41) is 6.24. The molecule has 1 aliphatic rings. The summed E-state index contributed by atoms with van der Waals surface area (Å²) in [4.78, 5) is 18.8. The van der Waals surface area contributed by atoms with Crippen LogP contribution in [0, 0.1) is 0 Å². The van der Waals surface area contributed by atoms with E-state index in [4.69, 9.17) is 0 Å². The number of carbonyl (C=O) groups excluding carboxylic acids is 1. The number of aliphatic imine (C=N–C) groups is 1. The maximum atomic E-state index is 12.1. The van der Waals surface area contributed by atoms with E-state index >= 15 is 0 Å². The average molecular weight is 350 g/mol. The van der Waals surface area contributed by atoms with Crippen LogP contribution in [0.25, 0.3) is 0 Å². The molecule has 0 unspecified atom stereocenters. The molecule has 26 heavy (non-hydrogen) atoms. The molecular weight excluding hydrogens is 324 g/mol. The molecule has 1 amide bonds. The predicted octanol–water partition coefficient (Wildman–Crippen LogP) is 2.37. The highest BCUT2D eigenvalue weighted by Crippen LogP contribution is 2.27. The zero-order chi connectivity index (χ0) is 18.2. The smallest absolute Gasteiger partial charge is 0.241 e. The third-order valence-corrected chi connectivity index (χ3v) is 4.43. The number of rotatable bonds is 6. The molecule has 0 aromatic heterocycles. The average Bonchev–Trinajstić information content (AvgIpc) is 3.10. The van der Waals surface area contributed by atoms with E-state index in [2.05, 4.69) is 50.9 Å². The summed E-state index contributed by atoms with van der Waals surface area (Å²) < 4.78 is 0. The first-order chi connectivity index (χ1) is 12.8. The third-order valence-electron chi connectivity index (χ3n) is 4.43. The molecule has 0 bridgehead atoms. The van der Waals surface area contributed by atoms with Crippen LogP contribution in [0.15, 0.2) is 59.6 Å². The Hall–Kier alpha value is -2.82. The minimum absolute atomic E-state index is 0.0520. The zero-order valence-corrected chi connectivity index (χ0v) is 15.2. The number of benzene rings is 2. The first-order valence-corrected chi connectivity index (χ1v) is 9.22. The maximum Gasteiger partial charge on any atom is 0.241 e. The molecule has 0 spiro atoms. The molecule has 136 valence electrons. The van der Waals surface area contributed by atoms with Gasteiger partial charge in [-0.15, -0.1) is 0 Å². The quantitative estimate of drug-likeness (QED) is 0.621. The normalized spacial score (nSPS) is 13.4. The largest absolute Gasteiger partial charge is 0.356 e. The Morgan fingerprint density at radius 1 is 1.08 bits per heavy atom. The Morgan fingerprint density at radius 3 is 2.65 bits per heavy atom. The number of hydrogen-bond donors (Lipinski definition) is 2. The van der Waals surface area contributed by atoms with Gasteiger partial charge in [0.25, 0.3) is 0 Å². The summed E-state index contributed by atoms with van der Waals surface area (Å²) in [6, 6.07) is 18.5. The topological polar surface area (TPSA) is 56.7 Å². The first-order valence-electron chi connectivity index (χ1n) is 9.22. The second kappa shape index (κ2) is 9.04. The standard InChI is InChI=1S/C21H26N4O/c1-2-22-21(25-15-13-18-10-6-7-11-19(18)25)24-16-20(26)23-14-12-17-8-4-3-5-9-17/h3-11H,2,12-16H2,1H3,(H,22,24)(H,23,26). The molecule has 0 atom stereocenters. The number of hydrogen-bond acceptors (Lipinski definition) is 2. The fourth-order valence-electron chi connectivity index (χ4n) is 3.15. The van der Waals surface area contributed by atoms with Gasteiger partial charge in [-0.05, 0) is 37.0 Å². The van der Waals surface area contributed by atoms with Crippen molar-refractivity contribution in [2.45, 2.75) is 19.8 Å². The zero-order valence-electron chi connectivity index (χ0n) is 15.2. The van der Waals surface area contributed by atoms with E-state index in [9.17, 15) is 4.79 Å². The molecule has 2 aromatic rings. The summed E-state index contributed by atoms with van der Waals surface area (Å²) in [6.45, 7) is 4.46. The molecule has 1 heterocycles. The Balaban J connectivity index is 1.55. The van der Waals surface area contributed by atoms with Crippen LogP contribution in [0.4, 0.5) is 5.69 Å². The van der Waals surface area contributed by atoms with E-state index in [-0.39, 0.29) is 12.5 Å². The Kier molecular flexibility index (Phi) is 6.25. The first kappa shape index (κ1) is 18.0. The Morgan fingerprint density at radius 2 is 1.85 bits per heavy atom. The molecule has 5 nitrogen and oxygen atoms in total. The second-order valence-corrected chi connectivity index (χ2v) is 6.29. The van der Waals surface area contributed by atoms with Crippen LogP contribution in [0.2, 0.25) is 0 Å². The van der Waals surface area contributed by atoms with Crippen molar-refractivity contribution in [2.24, 2.45) is 4.99 Å². The SMILES string of the molecule is CCNC(=NCC(=O)NCCc1ccccc1)N1CCc2ccccc21. The van der Waals surface area contributed by atoms with Gasteiger partial charge < -0.3 is 15.5 Å². The minimum Gasteiger partial charge on any atom is -0.356 e. The highest BCUT2D eigenvalue weighted by Gasteiger charge is 2.22. The van der Waals surface area contributed by atoms with Gasteiger partial charge in [-0.1, -0.05) is 48.5 Å².